The van der Waals surface area contributed by atoms with Gasteiger partial charge in [-0.15, -0.1) is 0 Å². The molecule has 0 saturated carbocycles. The molecule has 2 unspecified atom stereocenters. The maximum absolute atomic E-state index is 12.4. The van der Waals surface area contributed by atoms with Crippen molar-refractivity contribution in [3.8, 4) is 0 Å². The molecule has 2 N–H and O–H groups in total. The van der Waals surface area contributed by atoms with Gasteiger partial charge in [-0.3, -0.25) is 9.48 Å². The summed E-state index contributed by atoms with van der Waals surface area (Å²) in [5, 5.41) is 10.2. The lowest BCUT2D eigenvalue weighted by atomic mass is 10.1. The molecule has 2 atom stereocenters. The number of aromatic nitrogens is 2. The fourth-order valence-corrected chi connectivity index (χ4v) is 2.27. The van der Waals surface area contributed by atoms with Crippen molar-refractivity contribution in [2.75, 3.05) is 7.05 Å². The van der Waals surface area contributed by atoms with Crippen LogP contribution >= 0.6 is 0 Å². The van der Waals surface area contributed by atoms with Crippen LogP contribution in [0, 0.1) is 6.92 Å². The lowest BCUT2D eigenvalue weighted by Gasteiger charge is -2.19. The van der Waals surface area contributed by atoms with Crippen molar-refractivity contribution in [3.05, 3.63) is 53.3 Å². The average molecular weight is 286 g/mol. The van der Waals surface area contributed by atoms with Gasteiger partial charge in [0.2, 0.25) is 5.91 Å². The quantitative estimate of drug-likeness (QED) is 0.882. The number of carbonyl (C=O) groups excluding carboxylic acids is 1. The van der Waals surface area contributed by atoms with E-state index in [1.54, 1.807) is 17.9 Å². The predicted molar refractivity (Wildman–Crippen MR) is 82.7 cm³/mol. The van der Waals surface area contributed by atoms with E-state index in [-0.39, 0.29) is 11.9 Å². The van der Waals surface area contributed by atoms with Gasteiger partial charge in [0.05, 0.1) is 12.2 Å². The fraction of sp³-hybridized carbons (Fsp3) is 0.375. The average Bonchev–Trinajstić information content (AvgIpc) is 2.86. The van der Waals surface area contributed by atoms with Crippen molar-refractivity contribution in [2.24, 2.45) is 7.05 Å². The van der Waals surface area contributed by atoms with E-state index in [2.05, 4.69) is 27.9 Å². The van der Waals surface area contributed by atoms with Gasteiger partial charge in [-0.05, 0) is 26.5 Å². The van der Waals surface area contributed by atoms with Gasteiger partial charge in [0.15, 0.2) is 0 Å². The Bertz CT molecular complexity index is 603. The van der Waals surface area contributed by atoms with Gasteiger partial charge >= 0.3 is 0 Å². The molecule has 5 heteroatoms. The number of benzene rings is 1. The van der Waals surface area contributed by atoms with Crippen molar-refractivity contribution in [3.63, 3.8) is 0 Å². The Kier molecular flexibility index (Phi) is 4.75. The predicted octanol–water partition coefficient (Wildman–Crippen LogP) is 1.87. The summed E-state index contributed by atoms with van der Waals surface area (Å²) in [6, 6.07) is 7.75. The summed E-state index contributed by atoms with van der Waals surface area (Å²) in [5.41, 5.74) is 3.16. The molecule has 5 nitrogen and oxygen atoms in total. The highest BCUT2D eigenvalue weighted by molar-refractivity contribution is 5.83. The largest absolute Gasteiger partial charge is 0.348 e. The van der Waals surface area contributed by atoms with Crippen LogP contribution in [0.2, 0.25) is 0 Å². The normalized spacial score (nSPS) is 13.7. The third kappa shape index (κ3) is 3.70. The van der Waals surface area contributed by atoms with Crippen LogP contribution in [0.15, 0.2) is 36.7 Å². The third-order valence-electron chi connectivity index (χ3n) is 3.55. The number of amides is 1. The first-order chi connectivity index (χ1) is 10.0. The molecule has 2 aromatic rings. The van der Waals surface area contributed by atoms with Gasteiger partial charge in [-0.2, -0.15) is 5.10 Å². The Balaban J connectivity index is 2.07. The van der Waals surface area contributed by atoms with Crippen LogP contribution in [0.25, 0.3) is 0 Å². The standard InChI is InChI=1S/C16H22N4O/c1-11-5-7-13(8-6-11)12(2)19-16(21)15(17-3)14-9-18-20(4)10-14/h5-10,12,15,17H,1-4H3,(H,19,21). The molecule has 21 heavy (non-hydrogen) atoms. The zero-order valence-electron chi connectivity index (χ0n) is 12.9. The van der Waals surface area contributed by atoms with Crippen molar-refractivity contribution >= 4 is 5.91 Å². The second-order valence-corrected chi connectivity index (χ2v) is 5.31. The first-order valence-corrected chi connectivity index (χ1v) is 7.04. The van der Waals surface area contributed by atoms with E-state index < -0.39 is 6.04 Å². The van der Waals surface area contributed by atoms with Crippen molar-refractivity contribution < 1.29 is 4.79 Å². The molecule has 112 valence electrons. The smallest absolute Gasteiger partial charge is 0.242 e. The Morgan fingerprint density at radius 1 is 1.24 bits per heavy atom. The van der Waals surface area contributed by atoms with Gasteiger partial charge in [-0.25, -0.2) is 0 Å². The maximum atomic E-state index is 12.4. The number of hydrogen-bond acceptors (Lipinski definition) is 3. The Hall–Kier alpha value is -2.14. The summed E-state index contributed by atoms with van der Waals surface area (Å²) in [6.07, 6.45) is 3.55. The first-order valence-electron chi connectivity index (χ1n) is 7.04. The maximum Gasteiger partial charge on any atom is 0.242 e. The van der Waals surface area contributed by atoms with E-state index in [1.165, 1.54) is 5.56 Å². The van der Waals surface area contributed by atoms with Gasteiger partial charge in [0.1, 0.15) is 6.04 Å². The van der Waals surface area contributed by atoms with Crippen LogP contribution < -0.4 is 10.6 Å². The van der Waals surface area contributed by atoms with Crippen LogP contribution in [0.3, 0.4) is 0 Å². The number of hydrogen-bond donors (Lipinski definition) is 2. The highest BCUT2D eigenvalue weighted by Crippen LogP contribution is 2.16. The lowest BCUT2D eigenvalue weighted by Crippen LogP contribution is -2.37. The van der Waals surface area contributed by atoms with Crippen LogP contribution in [-0.4, -0.2) is 22.7 Å². The Labute approximate surface area is 125 Å². The Morgan fingerprint density at radius 3 is 2.43 bits per heavy atom. The van der Waals surface area contributed by atoms with Gasteiger partial charge < -0.3 is 10.6 Å². The van der Waals surface area contributed by atoms with E-state index in [4.69, 9.17) is 0 Å². The molecule has 0 spiro atoms. The summed E-state index contributed by atoms with van der Waals surface area (Å²) in [7, 11) is 3.61. The van der Waals surface area contributed by atoms with Crippen LogP contribution in [0.1, 0.15) is 35.7 Å². The van der Waals surface area contributed by atoms with Crippen LogP contribution in [0.4, 0.5) is 0 Å². The molecule has 0 radical (unpaired) electrons. The minimum absolute atomic E-state index is 0.0365. The molecule has 1 aromatic carbocycles. The number of aryl methyl sites for hydroxylation is 2. The van der Waals surface area contributed by atoms with E-state index >= 15 is 0 Å². The number of rotatable bonds is 5. The Morgan fingerprint density at radius 2 is 1.90 bits per heavy atom. The molecule has 1 heterocycles. The highest BCUT2D eigenvalue weighted by atomic mass is 16.2. The fourth-order valence-electron chi connectivity index (χ4n) is 2.27. The topological polar surface area (TPSA) is 59.0 Å². The summed E-state index contributed by atoms with van der Waals surface area (Å²) in [6.45, 7) is 4.03. The van der Waals surface area contributed by atoms with Crippen molar-refractivity contribution in [1.82, 2.24) is 20.4 Å². The third-order valence-corrected chi connectivity index (χ3v) is 3.55. The van der Waals surface area contributed by atoms with Crippen LogP contribution in [-0.2, 0) is 11.8 Å². The van der Waals surface area contributed by atoms with Gasteiger partial charge in [0.25, 0.3) is 0 Å². The van der Waals surface area contributed by atoms with Gasteiger partial charge in [-0.1, -0.05) is 29.8 Å². The second kappa shape index (κ2) is 6.54. The summed E-state index contributed by atoms with van der Waals surface area (Å²) >= 11 is 0. The van der Waals surface area contributed by atoms with Crippen molar-refractivity contribution in [2.45, 2.75) is 25.9 Å². The number of carbonyl (C=O) groups is 1. The van der Waals surface area contributed by atoms with E-state index in [0.29, 0.717) is 0 Å². The number of nitrogens with zero attached hydrogens (tertiary/aromatic N) is 2. The lowest BCUT2D eigenvalue weighted by molar-refractivity contribution is -0.123. The monoisotopic (exact) mass is 286 g/mol. The zero-order valence-corrected chi connectivity index (χ0v) is 12.9. The molecule has 0 aliphatic heterocycles. The summed E-state index contributed by atoms with van der Waals surface area (Å²) < 4.78 is 1.69. The number of likely N-dealkylation sites (N-methyl/N-ethyl adjacent to an activating group) is 1. The van der Waals surface area contributed by atoms with E-state index in [1.807, 2.05) is 39.2 Å². The number of nitrogens with one attached hydrogen (secondary N) is 2. The molecular weight excluding hydrogens is 264 g/mol. The molecule has 0 bridgehead atoms. The van der Waals surface area contributed by atoms with Crippen LogP contribution in [0.5, 0.6) is 0 Å². The summed E-state index contributed by atoms with van der Waals surface area (Å²) in [4.78, 5) is 12.4. The molecule has 0 fully saturated rings. The molecule has 0 saturated heterocycles. The minimum atomic E-state index is -0.397. The molecule has 1 aromatic heterocycles. The first kappa shape index (κ1) is 15.3. The second-order valence-electron chi connectivity index (χ2n) is 5.31. The molecule has 0 aliphatic rings. The minimum Gasteiger partial charge on any atom is -0.348 e. The molecule has 1 amide bonds. The van der Waals surface area contributed by atoms with E-state index in [9.17, 15) is 4.79 Å². The zero-order chi connectivity index (χ0) is 15.4. The van der Waals surface area contributed by atoms with Crippen molar-refractivity contribution in [1.29, 1.82) is 0 Å². The van der Waals surface area contributed by atoms with E-state index in [0.717, 1.165) is 11.1 Å². The highest BCUT2D eigenvalue weighted by Gasteiger charge is 2.21. The molecule has 2 rings (SSSR count). The summed E-state index contributed by atoms with van der Waals surface area (Å²) in [5.74, 6) is -0.0569. The SMILES string of the molecule is CNC(C(=O)NC(C)c1ccc(C)cc1)c1cnn(C)c1. The van der Waals surface area contributed by atoms with Gasteiger partial charge in [0, 0.05) is 18.8 Å². The molecule has 0 aliphatic carbocycles. The molecular formula is C16H22N4O.